The molecule has 0 atom stereocenters. The van der Waals surface area contributed by atoms with Crippen molar-refractivity contribution in [1.82, 2.24) is 4.98 Å². The van der Waals surface area contributed by atoms with E-state index in [1.165, 1.54) is 12.3 Å². The van der Waals surface area contributed by atoms with E-state index in [1.54, 1.807) is 28.8 Å². The van der Waals surface area contributed by atoms with E-state index in [9.17, 15) is 9.59 Å². The molecule has 0 saturated carbocycles. The highest BCUT2D eigenvalue weighted by Gasteiger charge is 2.24. The van der Waals surface area contributed by atoms with Gasteiger partial charge in [-0.1, -0.05) is 0 Å². The van der Waals surface area contributed by atoms with Gasteiger partial charge in [0.25, 0.3) is 5.91 Å². The maximum Gasteiger partial charge on any atom is 0.258 e. The van der Waals surface area contributed by atoms with Crippen molar-refractivity contribution in [2.45, 2.75) is 4.90 Å². The second-order valence-electron chi connectivity index (χ2n) is 4.47. The van der Waals surface area contributed by atoms with Gasteiger partial charge in [0.1, 0.15) is 0 Å². The van der Waals surface area contributed by atoms with Crippen LogP contribution >= 0.6 is 11.8 Å². The summed E-state index contributed by atoms with van der Waals surface area (Å²) in [7, 11) is 0. The zero-order valence-electron chi connectivity index (χ0n) is 10.6. The van der Waals surface area contributed by atoms with Crippen LogP contribution in [-0.2, 0) is 0 Å². The number of carbonyl (C=O) groups excluding carboxylic acids is 1. The number of nitrogens with zero attached hydrogens (tertiary/aromatic N) is 1. The van der Waals surface area contributed by atoms with Gasteiger partial charge in [-0.25, -0.2) is 0 Å². The lowest BCUT2D eigenvalue weighted by molar-refractivity contribution is 0.0987. The summed E-state index contributed by atoms with van der Waals surface area (Å²) in [6.45, 7) is 0.604. The summed E-state index contributed by atoms with van der Waals surface area (Å²) in [5.74, 6) is 0.648. The number of carbonyl (C=O) groups is 1. The van der Waals surface area contributed by atoms with Gasteiger partial charge in [0.2, 0.25) is 5.56 Å². The van der Waals surface area contributed by atoms with E-state index in [-0.39, 0.29) is 11.5 Å². The van der Waals surface area contributed by atoms with E-state index in [0.717, 1.165) is 16.3 Å². The monoisotopic (exact) mass is 287 g/mol. The normalized spacial score (nSPS) is 13.9. The van der Waals surface area contributed by atoms with E-state index >= 15 is 0 Å². The van der Waals surface area contributed by atoms with Gasteiger partial charge in [-0.15, -0.1) is 11.8 Å². The molecule has 102 valence electrons. The molecule has 1 aromatic heterocycles. The van der Waals surface area contributed by atoms with Crippen LogP contribution in [0.1, 0.15) is 10.4 Å². The summed E-state index contributed by atoms with van der Waals surface area (Å²) in [4.78, 5) is 29.1. The number of amides is 1. The maximum atomic E-state index is 12.5. The minimum Gasteiger partial charge on any atom is -0.399 e. The number of thioether (sulfide) groups is 1. The lowest BCUT2D eigenvalue weighted by atomic mass is 10.2. The first-order chi connectivity index (χ1) is 9.65. The van der Waals surface area contributed by atoms with Crippen molar-refractivity contribution in [3.63, 3.8) is 0 Å². The number of aromatic amines is 1. The van der Waals surface area contributed by atoms with Crippen molar-refractivity contribution < 1.29 is 4.79 Å². The topological polar surface area (TPSA) is 79.2 Å². The van der Waals surface area contributed by atoms with Gasteiger partial charge in [0, 0.05) is 40.7 Å². The van der Waals surface area contributed by atoms with Crippen molar-refractivity contribution in [3.05, 3.63) is 52.4 Å². The average Bonchev–Trinajstić information content (AvgIpc) is 2.46. The molecule has 20 heavy (non-hydrogen) atoms. The van der Waals surface area contributed by atoms with E-state index < -0.39 is 0 Å². The lowest BCUT2D eigenvalue weighted by Crippen LogP contribution is -2.36. The predicted octanol–water partition coefficient (Wildman–Crippen LogP) is 1.71. The number of benzene rings is 1. The molecule has 1 aliphatic rings. The van der Waals surface area contributed by atoms with Gasteiger partial charge in [-0.3, -0.25) is 9.59 Å². The van der Waals surface area contributed by atoms with Crippen LogP contribution in [0.4, 0.5) is 11.4 Å². The fourth-order valence-electron chi connectivity index (χ4n) is 2.18. The Hall–Kier alpha value is -2.21. The van der Waals surface area contributed by atoms with Crippen molar-refractivity contribution >= 4 is 29.0 Å². The molecule has 0 aliphatic carbocycles. The van der Waals surface area contributed by atoms with Crippen molar-refractivity contribution in [2.24, 2.45) is 0 Å². The Kier molecular flexibility index (Phi) is 3.23. The highest BCUT2D eigenvalue weighted by Crippen LogP contribution is 2.36. The number of rotatable bonds is 1. The smallest absolute Gasteiger partial charge is 0.258 e. The minimum absolute atomic E-state index is 0.178. The molecule has 0 unspecified atom stereocenters. The number of nitrogens with one attached hydrogen (secondary N) is 1. The number of aromatic nitrogens is 1. The minimum atomic E-state index is -0.282. The summed E-state index contributed by atoms with van der Waals surface area (Å²) in [6, 6.07) is 8.47. The summed E-state index contributed by atoms with van der Waals surface area (Å²) >= 11 is 1.70. The van der Waals surface area contributed by atoms with Crippen LogP contribution in [0.25, 0.3) is 0 Å². The summed E-state index contributed by atoms with van der Waals surface area (Å²) in [5.41, 5.74) is 7.34. The highest BCUT2D eigenvalue weighted by atomic mass is 32.2. The van der Waals surface area contributed by atoms with Gasteiger partial charge >= 0.3 is 0 Å². The van der Waals surface area contributed by atoms with Crippen LogP contribution in [0, 0.1) is 0 Å². The third kappa shape index (κ3) is 2.30. The summed E-state index contributed by atoms with van der Waals surface area (Å²) in [6.07, 6.45) is 1.48. The Bertz CT molecular complexity index is 726. The number of anilines is 2. The first kappa shape index (κ1) is 12.8. The molecule has 0 spiro atoms. The quantitative estimate of drug-likeness (QED) is 0.783. The summed E-state index contributed by atoms with van der Waals surface area (Å²) < 4.78 is 0. The number of fused-ring (bicyclic) bond motifs is 1. The van der Waals surface area contributed by atoms with Crippen LogP contribution < -0.4 is 16.2 Å². The Morgan fingerprint density at radius 2 is 2.15 bits per heavy atom. The second-order valence-corrected chi connectivity index (χ2v) is 5.61. The molecular weight excluding hydrogens is 274 g/mol. The number of H-pyrrole nitrogens is 1. The largest absolute Gasteiger partial charge is 0.399 e. The van der Waals surface area contributed by atoms with Gasteiger partial charge in [-0.05, 0) is 24.3 Å². The van der Waals surface area contributed by atoms with Gasteiger partial charge in [-0.2, -0.15) is 0 Å². The highest BCUT2D eigenvalue weighted by molar-refractivity contribution is 7.99. The second kappa shape index (κ2) is 5.05. The molecule has 2 heterocycles. The average molecular weight is 287 g/mol. The van der Waals surface area contributed by atoms with Crippen LogP contribution in [0.5, 0.6) is 0 Å². The zero-order chi connectivity index (χ0) is 14.1. The molecule has 3 rings (SSSR count). The maximum absolute atomic E-state index is 12.5. The SMILES string of the molecule is Nc1ccc2c(c1)N(C(=O)c1cc[nH]c(=O)c1)CCS2. The summed E-state index contributed by atoms with van der Waals surface area (Å²) in [5, 5.41) is 0. The zero-order valence-corrected chi connectivity index (χ0v) is 11.4. The molecule has 0 saturated heterocycles. The first-order valence-corrected chi connectivity index (χ1v) is 7.16. The number of hydrogen-bond donors (Lipinski definition) is 2. The van der Waals surface area contributed by atoms with Gasteiger partial charge in [0.05, 0.1) is 5.69 Å². The molecule has 0 fully saturated rings. The molecule has 5 nitrogen and oxygen atoms in total. The van der Waals surface area contributed by atoms with Crippen LogP contribution in [-0.4, -0.2) is 23.2 Å². The Labute approximate surface area is 119 Å². The predicted molar refractivity (Wildman–Crippen MR) is 80.3 cm³/mol. The van der Waals surface area contributed by atoms with Crippen molar-refractivity contribution in [3.8, 4) is 0 Å². The fourth-order valence-corrected chi connectivity index (χ4v) is 3.15. The number of pyridine rings is 1. The Morgan fingerprint density at radius 1 is 1.30 bits per heavy atom. The lowest BCUT2D eigenvalue weighted by Gasteiger charge is -2.29. The molecular formula is C14H13N3O2S. The molecule has 0 bridgehead atoms. The van der Waals surface area contributed by atoms with Crippen molar-refractivity contribution in [2.75, 3.05) is 22.9 Å². The van der Waals surface area contributed by atoms with Crippen LogP contribution in [0.15, 0.2) is 46.2 Å². The first-order valence-electron chi connectivity index (χ1n) is 6.18. The van der Waals surface area contributed by atoms with Crippen molar-refractivity contribution in [1.29, 1.82) is 0 Å². The van der Waals surface area contributed by atoms with E-state index in [2.05, 4.69) is 4.98 Å². The molecule has 6 heteroatoms. The number of hydrogen-bond acceptors (Lipinski definition) is 4. The van der Waals surface area contributed by atoms with Gasteiger partial charge in [0.15, 0.2) is 0 Å². The molecule has 3 N–H and O–H groups in total. The molecule has 0 radical (unpaired) electrons. The fraction of sp³-hybridized carbons (Fsp3) is 0.143. The molecule has 2 aromatic rings. The van der Waals surface area contributed by atoms with E-state index in [4.69, 9.17) is 5.73 Å². The number of nitrogens with two attached hydrogens (primary N) is 1. The van der Waals surface area contributed by atoms with E-state index in [1.807, 2.05) is 12.1 Å². The molecule has 1 aromatic carbocycles. The third-order valence-electron chi connectivity index (χ3n) is 3.11. The van der Waals surface area contributed by atoms with E-state index in [0.29, 0.717) is 17.8 Å². The molecule has 1 amide bonds. The standard InChI is InChI=1S/C14H13N3O2S/c15-10-1-2-12-11(8-10)17(5-6-20-12)14(19)9-3-4-16-13(18)7-9/h1-4,7-8H,5-6,15H2,(H,16,18). The third-order valence-corrected chi connectivity index (χ3v) is 4.16. The van der Waals surface area contributed by atoms with Gasteiger partial charge < -0.3 is 15.6 Å². The number of nitrogen functional groups attached to an aromatic ring is 1. The van der Waals surface area contributed by atoms with Crippen LogP contribution in [0.3, 0.4) is 0 Å². The van der Waals surface area contributed by atoms with Crippen LogP contribution in [0.2, 0.25) is 0 Å². The Balaban J connectivity index is 2.02. The Morgan fingerprint density at radius 3 is 2.95 bits per heavy atom. The molecule has 1 aliphatic heterocycles.